The van der Waals surface area contributed by atoms with Gasteiger partial charge in [-0.25, -0.2) is 4.98 Å². The maximum absolute atomic E-state index is 6.35. The lowest BCUT2D eigenvalue weighted by molar-refractivity contribution is 0.351. The van der Waals surface area contributed by atoms with Crippen LogP contribution in [0.1, 0.15) is 43.1 Å². The molecule has 0 atom stereocenters. The van der Waals surface area contributed by atoms with Crippen LogP contribution in [0.3, 0.4) is 0 Å². The van der Waals surface area contributed by atoms with Crippen molar-refractivity contribution in [2.45, 2.75) is 37.6 Å². The normalized spacial score (nSPS) is 16.6. The standard InChI is InChI=1S/C17H17ClN4O2/c18-12-5-3-11(4-6-12)15-20-13(10-23-15)9-14-21-16(22-24-14)17(19)7-1-2-8-17/h3-6,10H,1-2,7-9,19H2. The van der Waals surface area contributed by atoms with E-state index in [4.69, 9.17) is 26.3 Å². The van der Waals surface area contributed by atoms with Crippen molar-refractivity contribution in [3.63, 3.8) is 0 Å². The summed E-state index contributed by atoms with van der Waals surface area (Å²) in [5.74, 6) is 1.63. The third kappa shape index (κ3) is 2.95. The van der Waals surface area contributed by atoms with Gasteiger partial charge < -0.3 is 14.7 Å². The maximum Gasteiger partial charge on any atom is 0.232 e. The van der Waals surface area contributed by atoms with Crippen LogP contribution in [-0.2, 0) is 12.0 Å². The van der Waals surface area contributed by atoms with Crippen LogP contribution < -0.4 is 5.73 Å². The number of nitrogens with two attached hydrogens (primary N) is 1. The SMILES string of the molecule is NC1(c2noc(Cc3coc(-c4ccc(Cl)cc4)n3)n2)CCCC1. The van der Waals surface area contributed by atoms with Gasteiger partial charge in [0.1, 0.15) is 6.26 Å². The fraction of sp³-hybridized carbons (Fsp3) is 0.353. The second-order valence-electron chi connectivity index (χ2n) is 6.20. The highest BCUT2D eigenvalue weighted by Crippen LogP contribution is 2.34. The first kappa shape index (κ1) is 15.4. The number of rotatable bonds is 4. The lowest BCUT2D eigenvalue weighted by Gasteiger charge is -2.17. The average molecular weight is 345 g/mol. The molecule has 2 N–H and O–H groups in total. The van der Waals surface area contributed by atoms with E-state index in [2.05, 4.69) is 15.1 Å². The molecule has 6 nitrogen and oxygen atoms in total. The van der Waals surface area contributed by atoms with Crippen molar-refractivity contribution < 1.29 is 8.94 Å². The van der Waals surface area contributed by atoms with Crippen LogP contribution >= 0.6 is 11.6 Å². The second-order valence-corrected chi connectivity index (χ2v) is 6.64. The van der Waals surface area contributed by atoms with E-state index in [1.165, 1.54) is 0 Å². The van der Waals surface area contributed by atoms with Gasteiger partial charge >= 0.3 is 0 Å². The molecule has 0 aliphatic heterocycles. The van der Waals surface area contributed by atoms with Gasteiger partial charge in [-0.3, -0.25) is 0 Å². The van der Waals surface area contributed by atoms with Gasteiger partial charge in [0.25, 0.3) is 0 Å². The highest BCUT2D eigenvalue weighted by Gasteiger charge is 2.36. The molecule has 7 heteroatoms. The molecule has 1 fully saturated rings. The molecule has 24 heavy (non-hydrogen) atoms. The predicted molar refractivity (Wildman–Crippen MR) is 88.4 cm³/mol. The predicted octanol–water partition coefficient (Wildman–Crippen LogP) is 3.70. The summed E-state index contributed by atoms with van der Waals surface area (Å²) in [6.07, 6.45) is 6.03. The molecule has 2 heterocycles. The number of aromatic nitrogens is 3. The number of oxazole rings is 1. The molecular weight excluding hydrogens is 328 g/mol. The molecule has 3 aromatic rings. The number of nitrogens with zero attached hydrogens (tertiary/aromatic N) is 3. The summed E-state index contributed by atoms with van der Waals surface area (Å²) in [7, 11) is 0. The third-order valence-electron chi connectivity index (χ3n) is 4.38. The Balaban J connectivity index is 1.50. The first-order chi connectivity index (χ1) is 11.6. The fourth-order valence-electron chi connectivity index (χ4n) is 3.03. The van der Waals surface area contributed by atoms with Crippen LogP contribution in [0, 0.1) is 0 Å². The molecule has 0 saturated heterocycles. The van der Waals surface area contributed by atoms with Crippen molar-refractivity contribution in [2.75, 3.05) is 0 Å². The van der Waals surface area contributed by atoms with Crippen LogP contribution in [0.4, 0.5) is 0 Å². The maximum atomic E-state index is 6.35. The Morgan fingerprint density at radius 3 is 2.62 bits per heavy atom. The van der Waals surface area contributed by atoms with Crippen molar-refractivity contribution in [1.29, 1.82) is 0 Å². The summed E-state index contributed by atoms with van der Waals surface area (Å²) in [5, 5.41) is 4.73. The minimum Gasteiger partial charge on any atom is -0.444 e. The summed E-state index contributed by atoms with van der Waals surface area (Å²) in [4.78, 5) is 8.91. The molecule has 0 unspecified atom stereocenters. The highest BCUT2D eigenvalue weighted by atomic mass is 35.5. The fourth-order valence-corrected chi connectivity index (χ4v) is 3.15. The van der Waals surface area contributed by atoms with E-state index in [-0.39, 0.29) is 0 Å². The van der Waals surface area contributed by atoms with Gasteiger partial charge in [-0.1, -0.05) is 29.6 Å². The summed E-state index contributed by atoms with van der Waals surface area (Å²) in [6, 6.07) is 7.32. The van der Waals surface area contributed by atoms with Gasteiger partial charge in [-0.15, -0.1) is 0 Å². The Morgan fingerprint density at radius 1 is 1.12 bits per heavy atom. The Hall–Kier alpha value is -2.18. The lowest BCUT2D eigenvalue weighted by atomic mass is 9.99. The molecule has 124 valence electrons. The smallest absolute Gasteiger partial charge is 0.232 e. The van der Waals surface area contributed by atoms with E-state index in [0.717, 1.165) is 36.9 Å². The zero-order chi connectivity index (χ0) is 16.6. The van der Waals surface area contributed by atoms with Crippen LogP contribution in [0.2, 0.25) is 5.02 Å². The number of benzene rings is 1. The minimum atomic E-state index is -0.444. The molecule has 0 radical (unpaired) electrons. The van der Waals surface area contributed by atoms with Crippen LogP contribution in [0.5, 0.6) is 0 Å². The van der Waals surface area contributed by atoms with Gasteiger partial charge in [0.2, 0.25) is 11.8 Å². The topological polar surface area (TPSA) is 91.0 Å². The summed E-state index contributed by atoms with van der Waals surface area (Å²) in [5.41, 5.74) is 7.50. The molecule has 0 spiro atoms. The van der Waals surface area contributed by atoms with Crippen molar-refractivity contribution >= 4 is 11.6 Å². The van der Waals surface area contributed by atoms with Gasteiger partial charge in [-0.2, -0.15) is 4.98 Å². The molecule has 2 aromatic heterocycles. The van der Waals surface area contributed by atoms with Crippen molar-refractivity contribution in [2.24, 2.45) is 5.73 Å². The summed E-state index contributed by atoms with van der Waals surface area (Å²) in [6.45, 7) is 0. The van der Waals surface area contributed by atoms with Gasteiger partial charge in [0.15, 0.2) is 5.82 Å². The molecular formula is C17H17ClN4O2. The summed E-state index contributed by atoms with van der Waals surface area (Å²) >= 11 is 5.89. The van der Waals surface area contributed by atoms with E-state index in [9.17, 15) is 0 Å². The van der Waals surface area contributed by atoms with E-state index in [1.54, 1.807) is 18.4 Å². The first-order valence-electron chi connectivity index (χ1n) is 7.95. The lowest BCUT2D eigenvalue weighted by Crippen LogP contribution is -2.34. The molecule has 4 rings (SSSR count). The van der Waals surface area contributed by atoms with E-state index in [0.29, 0.717) is 29.0 Å². The first-order valence-corrected chi connectivity index (χ1v) is 8.32. The molecule has 1 aliphatic rings. The number of hydrogen-bond donors (Lipinski definition) is 1. The van der Waals surface area contributed by atoms with E-state index >= 15 is 0 Å². The molecule has 1 aromatic carbocycles. The number of halogens is 1. The minimum absolute atomic E-state index is 0.417. The third-order valence-corrected chi connectivity index (χ3v) is 4.64. The van der Waals surface area contributed by atoms with Gasteiger partial charge in [0.05, 0.1) is 17.7 Å². The van der Waals surface area contributed by atoms with Gasteiger partial charge in [-0.05, 0) is 37.1 Å². The van der Waals surface area contributed by atoms with Crippen molar-refractivity contribution in [3.05, 3.63) is 53.0 Å². The van der Waals surface area contributed by atoms with Crippen molar-refractivity contribution in [1.82, 2.24) is 15.1 Å². The highest BCUT2D eigenvalue weighted by molar-refractivity contribution is 6.30. The Morgan fingerprint density at radius 2 is 1.88 bits per heavy atom. The Kier molecular flexibility index (Phi) is 3.86. The quantitative estimate of drug-likeness (QED) is 0.776. The molecule has 0 bridgehead atoms. The van der Waals surface area contributed by atoms with Gasteiger partial charge in [0, 0.05) is 10.6 Å². The largest absolute Gasteiger partial charge is 0.444 e. The molecule has 1 aliphatic carbocycles. The molecule has 1 saturated carbocycles. The average Bonchev–Trinajstić information content (AvgIpc) is 3.30. The Labute approximate surface area is 144 Å². The zero-order valence-corrected chi connectivity index (χ0v) is 13.8. The summed E-state index contributed by atoms with van der Waals surface area (Å²) < 4.78 is 10.9. The van der Waals surface area contributed by atoms with Crippen LogP contribution in [0.15, 0.2) is 39.5 Å². The zero-order valence-electron chi connectivity index (χ0n) is 13.0. The van der Waals surface area contributed by atoms with Crippen LogP contribution in [-0.4, -0.2) is 15.1 Å². The second kappa shape index (κ2) is 6.03. The van der Waals surface area contributed by atoms with Crippen LogP contribution in [0.25, 0.3) is 11.5 Å². The Bertz CT molecular complexity index is 834. The van der Waals surface area contributed by atoms with E-state index in [1.807, 2.05) is 12.1 Å². The number of hydrogen-bond acceptors (Lipinski definition) is 6. The monoisotopic (exact) mass is 344 g/mol. The van der Waals surface area contributed by atoms with E-state index < -0.39 is 5.54 Å². The van der Waals surface area contributed by atoms with Crippen molar-refractivity contribution in [3.8, 4) is 11.5 Å². The molecule has 0 amide bonds.